The van der Waals surface area contributed by atoms with Gasteiger partial charge in [-0.25, -0.2) is 0 Å². The fourth-order valence-corrected chi connectivity index (χ4v) is 2.68. The van der Waals surface area contributed by atoms with Crippen molar-refractivity contribution in [1.29, 1.82) is 0 Å². The molecule has 0 aliphatic rings. The van der Waals surface area contributed by atoms with Gasteiger partial charge in [0.05, 0.1) is 0 Å². The number of hydrogen-bond acceptors (Lipinski definition) is 4. The van der Waals surface area contributed by atoms with Crippen molar-refractivity contribution in [3.05, 3.63) is 54.6 Å². The SMILES string of the molecule is O=S(=O)(OSc1ccc(-c2ccccc2)cc1)C(F)(F)F. The second-order valence-electron chi connectivity index (χ2n) is 3.94. The van der Waals surface area contributed by atoms with Gasteiger partial charge in [0.15, 0.2) is 0 Å². The van der Waals surface area contributed by atoms with Gasteiger partial charge >= 0.3 is 15.6 Å². The molecule has 0 aliphatic heterocycles. The molecule has 0 bridgehead atoms. The fourth-order valence-electron chi connectivity index (χ4n) is 1.46. The maximum absolute atomic E-state index is 12.1. The molecular weight excluding hydrogens is 325 g/mol. The first-order chi connectivity index (χ1) is 9.79. The Kier molecular flexibility index (Phi) is 4.60. The van der Waals surface area contributed by atoms with Gasteiger partial charge in [0.2, 0.25) is 0 Å². The lowest BCUT2D eigenvalue weighted by atomic mass is 10.1. The standard InChI is InChI=1S/C13H9F3O3S2/c14-13(15,16)21(17,18)19-20-12-8-6-11(7-9-12)10-4-2-1-3-5-10/h1-9H. The van der Waals surface area contributed by atoms with Gasteiger partial charge in [0.25, 0.3) is 0 Å². The van der Waals surface area contributed by atoms with Gasteiger partial charge in [-0.05, 0) is 23.3 Å². The molecule has 0 amide bonds. The van der Waals surface area contributed by atoms with Crippen LogP contribution in [0.15, 0.2) is 59.5 Å². The van der Waals surface area contributed by atoms with E-state index in [1.807, 2.05) is 30.3 Å². The molecule has 2 aromatic rings. The third-order valence-corrected chi connectivity index (χ3v) is 4.49. The van der Waals surface area contributed by atoms with Crippen molar-refractivity contribution in [3.63, 3.8) is 0 Å². The van der Waals surface area contributed by atoms with Crippen LogP contribution in [0.25, 0.3) is 11.1 Å². The third kappa shape index (κ3) is 3.99. The molecule has 3 nitrogen and oxygen atoms in total. The van der Waals surface area contributed by atoms with E-state index in [9.17, 15) is 21.6 Å². The molecule has 21 heavy (non-hydrogen) atoms. The lowest BCUT2D eigenvalue weighted by Gasteiger charge is -2.07. The Balaban J connectivity index is 2.08. The van der Waals surface area contributed by atoms with E-state index in [1.54, 1.807) is 12.1 Å². The van der Waals surface area contributed by atoms with Crippen molar-refractivity contribution in [2.24, 2.45) is 0 Å². The highest BCUT2D eigenvalue weighted by Crippen LogP contribution is 2.32. The predicted octanol–water partition coefficient (Wildman–Crippen LogP) is 4.23. The van der Waals surface area contributed by atoms with Gasteiger partial charge in [0.1, 0.15) is 0 Å². The Bertz CT molecular complexity index is 696. The molecule has 0 heterocycles. The summed E-state index contributed by atoms with van der Waals surface area (Å²) in [6, 6.07) is 15.7. The van der Waals surface area contributed by atoms with Gasteiger partial charge in [0, 0.05) is 16.9 Å². The minimum atomic E-state index is -5.60. The van der Waals surface area contributed by atoms with Crippen LogP contribution >= 0.6 is 12.0 Å². The van der Waals surface area contributed by atoms with Crippen LogP contribution in [0.4, 0.5) is 13.2 Å². The van der Waals surface area contributed by atoms with Gasteiger partial charge in [-0.3, -0.25) is 0 Å². The van der Waals surface area contributed by atoms with Crippen molar-refractivity contribution >= 4 is 22.2 Å². The van der Waals surface area contributed by atoms with Crippen LogP contribution < -0.4 is 0 Å². The second-order valence-corrected chi connectivity index (χ2v) is 6.50. The molecule has 0 aliphatic carbocycles. The highest BCUT2D eigenvalue weighted by molar-refractivity contribution is 8.04. The summed E-state index contributed by atoms with van der Waals surface area (Å²) in [6.07, 6.45) is 0. The first kappa shape index (κ1) is 15.9. The van der Waals surface area contributed by atoms with Crippen molar-refractivity contribution in [1.82, 2.24) is 0 Å². The van der Waals surface area contributed by atoms with Gasteiger partial charge in [-0.1, -0.05) is 42.5 Å². The van der Waals surface area contributed by atoms with Gasteiger partial charge in [-0.2, -0.15) is 25.2 Å². The highest BCUT2D eigenvalue weighted by atomic mass is 32.3. The number of alkyl halides is 3. The van der Waals surface area contributed by atoms with E-state index >= 15 is 0 Å². The summed E-state index contributed by atoms with van der Waals surface area (Å²) < 4.78 is 61.7. The zero-order valence-electron chi connectivity index (χ0n) is 10.4. The lowest BCUT2D eigenvalue weighted by Crippen LogP contribution is -2.23. The molecule has 0 saturated heterocycles. The maximum atomic E-state index is 12.1. The maximum Gasteiger partial charge on any atom is 0.524 e. The number of hydrogen-bond donors (Lipinski definition) is 0. The largest absolute Gasteiger partial charge is 0.524 e. The van der Waals surface area contributed by atoms with E-state index in [-0.39, 0.29) is 16.9 Å². The van der Waals surface area contributed by atoms with E-state index in [2.05, 4.69) is 3.63 Å². The Morgan fingerprint density at radius 3 is 1.90 bits per heavy atom. The molecule has 0 saturated carbocycles. The average molecular weight is 334 g/mol. The summed E-state index contributed by atoms with van der Waals surface area (Å²) in [4.78, 5) is 0.252. The molecule has 0 fully saturated rings. The minimum absolute atomic E-state index is 0.150. The van der Waals surface area contributed by atoms with Crippen LogP contribution in [-0.4, -0.2) is 13.9 Å². The van der Waals surface area contributed by atoms with E-state index < -0.39 is 15.6 Å². The topological polar surface area (TPSA) is 43.4 Å². The van der Waals surface area contributed by atoms with E-state index in [4.69, 9.17) is 0 Å². The summed E-state index contributed by atoms with van der Waals surface area (Å²) in [5, 5.41) is 0. The summed E-state index contributed by atoms with van der Waals surface area (Å²) in [5.74, 6) is 0. The highest BCUT2D eigenvalue weighted by Gasteiger charge is 2.47. The van der Waals surface area contributed by atoms with Crippen molar-refractivity contribution in [2.45, 2.75) is 10.4 Å². The van der Waals surface area contributed by atoms with Gasteiger partial charge < -0.3 is 0 Å². The lowest BCUT2D eigenvalue weighted by molar-refractivity contribution is -0.0494. The molecule has 2 rings (SSSR count). The average Bonchev–Trinajstić information content (AvgIpc) is 2.45. The zero-order chi connectivity index (χ0) is 15.5. The molecule has 0 spiro atoms. The van der Waals surface area contributed by atoms with Gasteiger partial charge in [-0.15, -0.1) is 0 Å². The molecule has 0 atom stereocenters. The van der Waals surface area contributed by atoms with Crippen molar-refractivity contribution < 1.29 is 25.2 Å². The molecular formula is C13H9F3O3S2. The smallest absolute Gasteiger partial charge is 0.189 e. The Labute approximate surface area is 124 Å². The first-order valence-electron chi connectivity index (χ1n) is 5.62. The van der Waals surface area contributed by atoms with Crippen LogP contribution in [0.2, 0.25) is 0 Å². The third-order valence-electron chi connectivity index (χ3n) is 2.46. The molecule has 0 unspecified atom stereocenters. The quantitative estimate of drug-likeness (QED) is 0.620. The van der Waals surface area contributed by atoms with Crippen LogP contribution in [0.1, 0.15) is 0 Å². The van der Waals surface area contributed by atoms with E-state index in [0.29, 0.717) is 0 Å². The molecule has 112 valence electrons. The summed E-state index contributed by atoms with van der Waals surface area (Å²) in [6.45, 7) is 0. The molecule has 2 aromatic carbocycles. The Morgan fingerprint density at radius 2 is 1.38 bits per heavy atom. The van der Waals surface area contributed by atoms with E-state index in [1.165, 1.54) is 12.1 Å². The van der Waals surface area contributed by atoms with Crippen molar-refractivity contribution in [3.8, 4) is 11.1 Å². The molecule has 8 heteroatoms. The van der Waals surface area contributed by atoms with E-state index in [0.717, 1.165) is 11.1 Å². The number of benzene rings is 2. The predicted molar refractivity (Wildman–Crippen MR) is 73.8 cm³/mol. The van der Waals surface area contributed by atoms with Crippen LogP contribution in [-0.2, 0) is 13.7 Å². The monoisotopic (exact) mass is 334 g/mol. The first-order valence-corrected chi connectivity index (χ1v) is 7.77. The summed E-state index contributed by atoms with van der Waals surface area (Å²) in [5.41, 5.74) is -3.62. The molecule has 0 aromatic heterocycles. The Hall–Kier alpha value is -1.51. The normalized spacial score (nSPS) is 12.3. The van der Waals surface area contributed by atoms with Crippen LogP contribution in [0.3, 0.4) is 0 Å². The summed E-state index contributed by atoms with van der Waals surface area (Å²) in [7, 11) is -5.60. The fraction of sp³-hybridized carbons (Fsp3) is 0.0769. The number of rotatable bonds is 4. The van der Waals surface area contributed by atoms with Crippen molar-refractivity contribution in [2.75, 3.05) is 0 Å². The molecule has 0 radical (unpaired) electrons. The second kappa shape index (κ2) is 6.08. The zero-order valence-corrected chi connectivity index (χ0v) is 12.0. The summed E-state index contributed by atoms with van der Waals surface area (Å²) >= 11 is 0.150. The minimum Gasteiger partial charge on any atom is -0.189 e. The van der Waals surface area contributed by atoms with Crippen LogP contribution in [0, 0.1) is 0 Å². The molecule has 0 N–H and O–H groups in total. The van der Waals surface area contributed by atoms with Crippen LogP contribution in [0.5, 0.6) is 0 Å². The number of halogens is 3. The Morgan fingerprint density at radius 1 is 0.857 bits per heavy atom.